The SMILES string of the molecule is CC(C)NC(NCN)C1NC2=C(CCOc3cc(C4CN(C(C)(C)C(=O)NN=N)C4)ccc32)S1. The number of hydrogen-bond donors (Lipinski definition) is 6. The minimum atomic E-state index is -0.707. The number of hydrogen-bond acceptors (Lipinski definition) is 10. The minimum absolute atomic E-state index is 0.0509. The number of nitrogens with one attached hydrogen (secondary N) is 5. The van der Waals surface area contributed by atoms with Gasteiger partial charge in [0.25, 0.3) is 5.91 Å². The highest BCUT2D eigenvalue weighted by molar-refractivity contribution is 8.04. The Hall–Kier alpha value is -2.18. The van der Waals surface area contributed by atoms with Crippen molar-refractivity contribution in [3.63, 3.8) is 0 Å². The fourth-order valence-corrected chi connectivity index (χ4v) is 5.90. The number of amides is 1. The molecule has 34 heavy (non-hydrogen) atoms. The topological polar surface area (TPSA) is 140 Å². The first kappa shape index (κ1) is 24.9. The number of nitrogens with two attached hydrogens (primary N) is 1. The second-order valence-electron chi connectivity index (χ2n) is 9.76. The highest BCUT2D eigenvalue weighted by atomic mass is 32.2. The van der Waals surface area contributed by atoms with Crippen LogP contribution < -0.4 is 31.8 Å². The molecular formula is C23H36N8O2S. The molecule has 0 aromatic heterocycles. The van der Waals surface area contributed by atoms with Crippen LogP contribution in [0.2, 0.25) is 0 Å². The van der Waals surface area contributed by atoms with Crippen LogP contribution in [0.25, 0.3) is 5.70 Å². The van der Waals surface area contributed by atoms with E-state index in [2.05, 4.69) is 63.5 Å². The molecule has 11 heteroatoms. The molecule has 186 valence electrons. The predicted octanol–water partition coefficient (Wildman–Crippen LogP) is 1.87. The van der Waals surface area contributed by atoms with Gasteiger partial charge in [0.2, 0.25) is 0 Å². The summed E-state index contributed by atoms with van der Waals surface area (Å²) in [6.07, 6.45) is 0.918. The lowest BCUT2D eigenvalue weighted by Gasteiger charge is -2.48. The van der Waals surface area contributed by atoms with E-state index in [1.165, 1.54) is 10.5 Å². The van der Waals surface area contributed by atoms with E-state index >= 15 is 0 Å². The maximum atomic E-state index is 12.2. The van der Waals surface area contributed by atoms with Gasteiger partial charge in [-0.1, -0.05) is 11.3 Å². The van der Waals surface area contributed by atoms with Crippen molar-refractivity contribution in [3.8, 4) is 5.75 Å². The molecule has 2 atom stereocenters. The van der Waals surface area contributed by atoms with Crippen molar-refractivity contribution in [2.24, 2.45) is 11.0 Å². The molecule has 1 amide bonds. The standard InChI is InChI=1S/C23H36N8O2S/c1-13(2)27-20(26-12-24)21-28-19-16-6-5-14(9-17(16)33-8-7-18(19)34-21)15-10-31(11-15)23(3,4)22(32)29-30-25/h5-6,9,13,15,20-21,26-28H,7-8,10-12,24H2,1-4H3,(H2,25,29,32). The van der Waals surface area contributed by atoms with Gasteiger partial charge >= 0.3 is 0 Å². The number of thioether (sulfide) groups is 1. The molecule has 2 unspecified atom stereocenters. The van der Waals surface area contributed by atoms with Crippen LogP contribution >= 0.6 is 11.8 Å². The number of nitrogens with zero attached hydrogens (tertiary/aromatic N) is 2. The van der Waals surface area contributed by atoms with Gasteiger partial charge in [0.05, 0.1) is 24.0 Å². The van der Waals surface area contributed by atoms with Crippen LogP contribution in [0.3, 0.4) is 0 Å². The Morgan fingerprint density at radius 2 is 2.18 bits per heavy atom. The molecule has 1 aromatic carbocycles. The van der Waals surface area contributed by atoms with E-state index < -0.39 is 5.54 Å². The van der Waals surface area contributed by atoms with Gasteiger partial charge in [0, 0.05) is 48.6 Å². The Bertz CT molecular complexity index is 960. The van der Waals surface area contributed by atoms with E-state index in [4.69, 9.17) is 16.0 Å². The summed E-state index contributed by atoms with van der Waals surface area (Å²) in [5, 5.41) is 13.8. The third kappa shape index (κ3) is 4.94. The van der Waals surface area contributed by atoms with Gasteiger partial charge in [0.1, 0.15) is 11.1 Å². The molecular weight excluding hydrogens is 452 g/mol. The van der Waals surface area contributed by atoms with Gasteiger partial charge < -0.3 is 15.8 Å². The van der Waals surface area contributed by atoms with E-state index in [0.29, 0.717) is 25.2 Å². The third-order valence-electron chi connectivity index (χ3n) is 6.71. The Morgan fingerprint density at radius 3 is 2.85 bits per heavy atom. The molecule has 7 N–H and O–H groups in total. The Morgan fingerprint density at radius 1 is 1.41 bits per heavy atom. The van der Waals surface area contributed by atoms with E-state index in [1.54, 1.807) is 0 Å². The monoisotopic (exact) mass is 488 g/mol. The first-order valence-corrected chi connectivity index (χ1v) is 12.7. The minimum Gasteiger partial charge on any atom is -0.493 e. The molecule has 1 fully saturated rings. The molecule has 0 spiro atoms. The summed E-state index contributed by atoms with van der Waals surface area (Å²) in [6.45, 7) is 10.6. The number of likely N-dealkylation sites (tertiary alicyclic amines) is 1. The van der Waals surface area contributed by atoms with E-state index in [0.717, 1.165) is 36.5 Å². The largest absolute Gasteiger partial charge is 0.493 e. The summed E-state index contributed by atoms with van der Waals surface area (Å²) in [5.41, 5.74) is 17.7. The van der Waals surface area contributed by atoms with Crippen molar-refractivity contribution in [2.75, 3.05) is 26.4 Å². The number of rotatable bonds is 9. The van der Waals surface area contributed by atoms with Crippen LogP contribution in [-0.4, -0.2) is 60.3 Å². The van der Waals surface area contributed by atoms with E-state index in [1.807, 2.05) is 25.6 Å². The van der Waals surface area contributed by atoms with Crippen molar-refractivity contribution in [1.82, 2.24) is 26.3 Å². The quantitative estimate of drug-likeness (QED) is 0.176. The van der Waals surface area contributed by atoms with Gasteiger partial charge in [-0.3, -0.25) is 20.3 Å². The molecule has 0 aliphatic carbocycles. The van der Waals surface area contributed by atoms with E-state index in [-0.39, 0.29) is 17.4 Å². The van der Waals surface area contributed by atoms with Crippen molar-refractivity contribution in [1.29, 1.82) is 5.53 Å². The molecule has 4 rings (SSSR count). The lowest BCUT2D eigenvalue weighted by Crippen LogP contribution is -2.61. The summed E-state index contributed by atoms with van der Waals surface area (Å²) < 4.78 is 6.16. The van der Waals surface area contributed by atoms with Gasteiger partial charge in [-0.25, -0.2) is 5.43 Å². The zero-order valence-corrected chi connectivity index (χ0v) is 21.1. The second-order valence-corrected chi connectivity index (χ2v) is 11.0. The van der Waals surface area contributed by atoms with Crippen molar-refractivity contribution < 1.29 is 9.53 Å². The average Bonchev–Trinajstić information content (AvgIpc) is 3.08. The molecule has 3 aliphatic heterocycles. The van der Waals surface area contributed by atoms with Crippen LogP contribution in [0.5, 0.6) is 5.75 Å². The highest BCUT2D eigenvalue weighted by Crippen LogP contribution is 2.44. The highest BCUT2D eigenvalue weighted by Gasteiger charge is 2.43. The predicted molar refractivity (Wildman–Crippen MR) is 134 cm³/mol. The van der Waals surface area contributed by atoms with Crippen LogP contribution in [0.4, 0.5) is 0 Å². The lowest BCUT2D eigenvalue weighted by atomic mass is 9.85. The first-order chi connectivity index (χ1) is 16.2. The number of fused-ring (bicyclic) bond motifs is 2. The maximum Gasteiger partial charge on any atom is 0.261 e. The molecule has 0 saturated carbocycles. The molecule has 0 radical (unpaired) electrons. The van der Waals surface area contributed by atoms with Crippen LogP contribution in [-0.2, 0) is 4.79 Å². The zero-order chi connectivity index (χ0) is 24.5. The molecule has 3 heterocycles. The first-order valence-electron chi connectivity index (χ1n) is 11.8. The normalized spacial score (nSPS) is 21.6. The summed E-state index contributed by atoms with van der Waals surface area (Å²) in [5.74, 6) is 0.969. The van der Waals surface area contributed by atoms with Crippen LogP contribution in [0.15, 0.2) is 28.3 Å². The van der Waals surface area contributed by atoms with E-state index in [9.17, 15) is 4.79 Å². The molecule has 0 bridgehead atoms. The van der Waals surface area contributed by atoms with Gasteiger partial charge in [0.15, 0.2) is 0 Å². The Labute approximate surface area is 205 Å². The Kier molecular flexibility index (Phi) is 7.48. The molecule has 1 saturated heterocycles. The third-order valence-corrected chi connectivity index (χ3v) is 8.04. The van der Waals surface area contributed by atoms with Crippen LogP contribution in [0, 0.1) is 5.53 Å². The summed E-state index contributed by atoms with van der Waals surface area (Å²) >= 11 is 1.84. The fourth-order valence-electron chi connectivity index (χ4n) is 4.62. The summed E-state index contributed by atoms with van der Waals surface area (Å²) in [6, 6.07) is 6.82. The maximum absolute atomic E-state index is 12.2. The number of carbonyl (C=O) groups is 1. The smallest absolute Gasteiger partial charge is 0.261 e. The molecule has 3 aliphatic rings. The van der Waals surface area contributed by atoms with Crippen LogP contribution in [0.1, 0.15) is 51.2 Å². The lowest BCUT2D eigenvalue weighted by molar-refractivity contribution is -0.135. The Balaban J connectivity index is 1.46. The van der Waals surface area contributed by atoms with Gasteiger partial charge in [-0.15, -0.1) is 11.8 Å². The average molecular weight is 489 g/mol. The second kappa shape index (κ2) is 10.2. The number of carbonyl (C=O) groups excluding carboxylic acids is 1. The number of benzene rings is 1. The summed E-state index contributed by atoms with van der Waals surface area (Å²) in [7, 11) is 0. The van der Waals surface area contributed by atoms with Gasteiger partial charge in [-0.2, -0.15) is 5.53 Å². The van der Waals surface area contributed by atoms with Crippen molar-refractivity contribution in [3.05, 3.63) is 34.2 Å². The van der Waals surface area contributed by atoms with Crippen molar-refractivity contribution >= 4 is 23.4 Å². The zero-order valence-electron chi connectivity index (χ0n) is 20.3. The molecule has 1 aromatic rings. The van der Waals surface area contributed by atoms with Gasteiger partial charge in [-0.05, 0) is 45.4 Å². The summed E-state index contributed by atoms with van der Waals surface area (Å²) in [4.78, 5) is 15.7. The fraction of sp³-hybridized carbons (Fsp3) is 0.609. The molecule has 10 nitrogen and oxygen atoms in total. The number of ether oxygens (including phenoxy) is 1. The van der Waals surface area contributed by atoms with Crippen molar-refractivity contribution in [2.45, 2.75) is 63.2 Å².